The molecule has 1 N–H and O–H groups in total. The van der Waals surface area contributed by atoms with Crippen molar-refractivity contribution < 1.29 is 22.6 Å². The van der Waals surface area contributed by atoms with Crippen LogP contribution in [0.3, 0.4) is 0 Å². The molecule has 0 saturated carbocycles. The smallest absolute Gasteiger partial charge is 0.348 e. The highest BCUT2D eigenvalue weighted by Gasteiger charge is 2.33. The van der Waals surface area contributed by atoms with Crippen LogP contribution in [0.15, 0.2) is 24.3 Å². The van der Waals surface area contributed by atoms with Gasteiger partial charge in [-0.05, 0) is 38.5 Å². The number of hydrogen-bond donors (Lipinski definition) is 1. The van der Waals surface area contributed by atoms with Gasteiger partial charge in [0.25, 0.3) is 0 Å². The van der Waals surface area contributed by atoms with Gasteiger partial charge in [0, 0.05) is 12.6 Å². The second-order valence-corrected chi connectivity index (χ2v) is 5.70. The van der Waals surface area contributed by atoms with Crippen LogP contribution in [0.4, 0.5) is 13.2 Å². The average Bonchev–Trinajstić information content (AvgIpc) is 2.75. The fraction of sp³-hybridized carbons (Fsp3) is 0.600. The van der Waals surface area contributed by atoms with Crippen LogP contribution >= 0.6 is 0 Å². The zero-order valence-electron chi connectivity index (χ0n) is 12.3. The summed E-state index contributed by atoms with van der Waals surface area (Å²) in [6, 6.07) is 5.16. The minimum atomic E-state index is -4.32. The first-order valence-electron chi connectivity index (χ1n) is 6.90. The van der Waals surface area contributed by atoms with Crippen molar-refractivity contribution in [2.75, 3.05) is 13.2 Å². The van der Waals surface area contributed by atoms with Crippen LogP contribution in [0.25, 0.3) is 0 Å². The summed E-state index contributed by atoms with van der Waals surface area (Å²) in [5.41, 5.74) is -0.0294. The Hall–Kier alpha value is -1.11. The van der Waals surface area contributed by atoms with E-state index in [0.29, 0.717) is 18.7 Å². The van der Waals surface area contributed by atoms with Crippen molar-refractivity contribution in [3.63, 3.8) is 0 Å². The topological polar surface area (TPSA) is 30.5 Å². The molecule has 1 saturated heterocycles. The summed E-state index contributed by atoms with van der Waals surface area (Å²) < 4.78 is 49.2. The molecule has 0 aromatic heterocycles. The summed E-state index contributed by atoms with van der Waals surface area (Å²) in [6.45, 7) is 6.51. The van der Waals surface area contributed by atoms with E-state index in [4.69, 9.17) is 9.47 Å². The second kappa shape index (κ2) is 5.94. The lowest BCUT2D eigenvalue weighted by molar-refractivity contribution is -0.138. The molecule has 6 heteroatoms. The molecular formula is C15H20F3NO2. The minimum absolute atomic E-state index is 0.0896. The van der Waals surface area contributed by atoms with Crippen LogP contribution in [0, 0.1) is 0 Å². The van der Waals surface area contributed by atoms with Gasteiger partial charge in [-0.15, -0.1) is 0 Å². The van der Waals surface area contributed by atoms with Gasteiger partial charge in [-0.2, -0.15) is 13.2 Å². The zero-order chi connectivity index (χ0) is 15.7. The molecule has 2 unspecified atom stereocenters. The molecule has 1 aliphatic rings. The highest BCUT2D eigenvalue weighted by molar-refractivity contribution is 5.27. The molecule has 21 heavy (non-hydrogen) atoms. The van der Waals surface area contributed by atoms with Gasteiger partial charge < -0.3 is 14.8 Å². The van der Waals surface area contributed by atoms with Gasteiger partial charge in [-0.25, -0.2) is 0 Å². The SMILES string of the molecule is CC(NCC1COC(C)(C)O1)c1cccc(C(F)(F)F)c1. The third kappa shape index (κ3) is 4.43. The Morgan fingerprint density at radius 2 is 2.10 bits per heavy atom. The van der Waals surface area contributed by atoms with Gasteiger partial charge in [0.15, 0.2) is 5.79 Å². The normalized spacial score (nSPS) is 23.2. The second-order valence-electron chi connectivity index (χ2n) is 5.70. The molecule has 2 rings (SSSR count). The Labute approximate surface area is 122 Å². The third-order valence-electron chi connectivity index (χ3n) is 3.43. The van der Waals surface area contributed by atoms with Crippen LogP contribution < -0.4 is 5.32 Å². The molecule has 1 aromatic carbocycles. The predicted octanol–water partition coefficient (Wildman–Crippen LogP) is 3.51. The molecule has 118 valence electrons. The van der Waals surface area contributed by atoms with Gasteiger partial charge >= 0.3 is 6.18 Å². The predicted molar refractivity (Wildman–Crippen MR) is 72.8 cm³/mol. The van der Waals surface area contributed by atoms with Crippen molar-refractivity contribution in [3.05, 3.63) is 35.4 Å². The Morgan fingerprint density at radius 3 is 2.67 bits per heavy atom. The molecule has 0 amide bonds. The van der Waals surface area contributed by atoms with E-state index in [9.17, 15) is 13.2 Å². The van der Waals surface area contributed by atoms with Crippen molar-refractivity contribution in [3.8, 4) is 0 Å². The van der Waals surface area contributed by atoms with Crippen molar-refractivity contribution in [2.45, 2.75) is 44.9 Å². The summed E-state index contributed by atoms with van der Waals surface area (Å²) in [7, 11) is 0. The molecule has 3 nitrogen and oxygen atoms in total. The zero-order valence-corrected chi connectivity index (χ0v) is 12.3. The van der Waals surface area contributed by atoms with Gasteiger partial charge in [0.2, 0.25) is 0 Å². The summed E-state index contributed by atoms with van der Waals surface area (Å²) >= 11 is 0. The number of alkyl halides is 3. The van der Waals surface area contributed by atoms with E-state index >= 15 is 0 Å². The monoisotopic (exact) mass is 303 g/mol. The number of nitrogens with one attached hydrogen (secondary N) is 1. The summed E-state index contributed by atoms with van der Waals surface area (Å²) in [6.07, 6.45) is -4.41. The van der Waals surface area contributed by atoms with Crippen LogP contribution in [0.1, 0.15) is 37.9 Å². The number of hydrogen-bond acceptors (Lipinski definition) is 3. The largest absolute Gasteiger partial charge is 0.416 e. The van der Waals surface area contributed by atoms with Crippen molar-refractivity contribution in [1.29, 1.82) is 0 Å². The minimum Gasteiger partial charge on any atom is -0.348 e. The van der Waals surface area contributed by atoms with Gasteiger partial charge in [-0.1, -0.05) is 12.1 Å². The molecule has 0 spiro atoms. The summed E-state index contributed by atoms with van der Waals surface area (Å²) in [5, 5.41) is 3.18. The quantitative estimate of drug-likeness (QED) is 0.923. The first kappa shape index (κ1) is 16.3. The standard InChI is InChI=1S/C15H20F3NO2/c1-10(19-8-13-9-20-14(2,3)21-13)11-5-4-6-12(7-11)15(16,17)18/h4-7,10,13,19H,8-9H2,1-3H3. The fourth-order valence-corrected chi connectivity index (χ4v) is 2.27. The van der Waals surface area contributed by atoms with Gasteiger partial charge in [0.05, 0.1) is 18.3 Å². The summed E-state index contributed by atoms with van der Waals surface area (Å²) in [5.74, 6) is -0.591. The number of benzene rings is 1. The highest BCUT2D eigenvalue weighted by atomic mass is 19.4. The van der Waals surface area contributed by atoms with E-state index < -0.39 is 17.5 Å². The molecule has 1 fully saturated rings. The van der Waals surface area contributed by atoms with Gasteiger partial charge in [0.1, 0.15) is 0 Å². The van der Waals surface area contributed by atoms with Crippen LogP contribution in [0.5, 0.6) is 0 Å². The number of halogens is 3. The van der Waals surface area contributed by atoms with E-state index in [1.165, 1.54) is 12.1 Å². The average molecular weight is 303 g/mol. The van der Waals surface area contributed by atoms with E-state index in [2.05, 4.69) is 5.32 Å². The lowest BCUT2D eigenvalue weighted by atomic mass is 10.0. The Balaban J connectivity index is 1.93. The van der Waals surface area contributed by atoms with E-state index in [1.807, 2.05) is 20.8 Å². The van der Waals surface area contributed by atoms with E-state index in [1.54, 1.807) is 6.07 Å². The first-order valence-corrected chi connectivity index (χ1v) is 6.90. The van der Waals surface area contributed by atoms with Gasteiger partial charge in [-0.3, -0.25) is 0 Å². The molecule has 1 heterocycles. The molecule has 0 bridgehead atoms. The Bertz CT molecular complexity index is 488. The number of rotatable bonds is 4. The van der Waals surface area contributed by atoms with Crippen molar-refractivity contribution >= 4 is 0 Å². The molecule has 1 aromatic rings. The van der Waals surface area contributed by atoms with E-state index in [0.717, 1.165) is 6.07 Å². The lowest BCUT2D eigenvalue weighted by Gasteiger charge is -2.20. The summed E-state index contributed by atoms with van der Waals surface area (Å²) in [4.78, 5) is 0. The Morgan fingerprint density at radius 1 is 1.38 bits per heavy atom. The van der Waals surface area contributed by atoms with E-state index in [-0.39, 0.29) is 12.1 Å². The maximum Gasteiger partial charge on any atom is 0.416 e. The molecule has 2 atom stereocenters. The molecular weight excluding hydrogens is 283 g/mol. The van der Waals surface area contributed by atoms with Crippen molar-refractivity contribution in [1.82, 2.24) is 5.32 Å². The molecule has 0 aliphatic carbocycles. The number of ether oxygens (including phenoxy) is 2. The highest BCUT2D eigenvalue weighted by Crippen LogP contribution is 2.30. The maximum atomic E-state index is 12.7. The van der Waals surface area contributed by atoms with Crippen LogP contribution in [0.2, 0.25) is 0 Å². The first-order chi connectivity index (χ1) is 9.67. The van der Waals surface area contributed by atoms with Crippen molar-refractivity contribution in [2.24, 2.45) is 0 Å². The van der Waals surface area contributed by atoms with Crippen LogP contribution in [-0.4, -0.2) is 25.0 Å². The van der Waals surface area contributed by atoms with Crippen LogP contribution in [-0.2, 0) is 15.7 Å². The fourth-order valence-electron chi connectivity index (χ4n) is 2.27. The maximum absolute atomic E-state index is 12.7. The molecule has 0 radical (unpaired) electrons. The Kier molecular flexibility index (Phi) is 4.60. The third-order valence-corrected chi connectivity index (χ3v) is 3.43. The lowest BCUT2D eigenvalue weighted by Crippen LogP contribution is -2.32. The molecule has 1 aliphatic heterocycles.